The van der Waals surface area contributed by atoms with E-state index in [-0.39, 0.29) is 0 Å². The molecule has 2 heteroatoms. The van der Waals surface area contributed by atoms with E-state index in [1.807, 2.05) is 0 Å². The molecule has 0 unspecified atom stereocenters. The molecule has 0 aliphatic carbocycles. The Hall–Kier alpha value is -1.02. The fraction of sp³-hybridized carbons (Fsp3) is 0.684. The monoisotopic (exact) mass is 290 g/mol. The number of ether oxygens (including phenoxy) is 1. The molecule has 1 saturated heterocycles. The second-order valence-electron chi connectivity index (χ2n) is 7.13. The first kappa shape index (κ1) is 16.4. The van der Waals surface area contributed by atoms with E-state index >= 15 is 0 Å². The molecule has 2 nitrogen and oxygen atoms in total. The van der Waals surface area contributed by atoms with Crippen LogP contribution >= 0.6 is 0 Å². The Kier molecular flexibility index (Phi) is 5.69. The van der Waals surface area contributed by atoms with Gasteiger partial charge < -0.3 is 9.22 Å². The van der Waals surface area contributed by atoms with Crippen LogP contribution in [0.2, 0.25) is 0 Å². The fourth-order valence-electron chi connectivity index (χ4n) is 3.66. The molecule has 1 aromatic rings. The van der Waals surface area contributed by atoms with E-state index in [2.05, 4.69) is 40.0 Å². The molecule has 0 N–H and O–H groups in total. The normalized spacial score (nSPS) is 17.7. The van der Waals surface area contributed by atoms with Gasteiger partial charge in [-0.1, -0.05) is 17.7 Å². The van der Waals surface area contributed by atoms with E-state index < -0.39 is 0 Å². The minimum Gasteiger partial charge on any atom is -0.493 e. The van der Waals surface area contributed by atoms with Crippen LogP contribution in [-0.4, -0.2) is 37.8 Å². The van der Waals surface area contributed by atoms with Gasteiger partial charge in [-0.2, -0.15) is 0 Å². The third kappa shape index (κ3) is 4.74. The number of aryl methyl sites for hydroxylation is 3. The lowest BCUT2D eigenvalue weighted by Gasteiger charge is -2.37. The second kappa shape index (κ2) is 7.31. The smallest absolute Gasteiger partial charge is 0.125 e. The van der Waals surface area contributed by atoms with Crippen molar-refractivity contribution in [2.75, 3.05) is 33.3 Å². The number of rotatable bonds is 6. The van der Waals surface area contributed by atoms with Crippen molar-refractivity contribution in [1.82, 2.24) is 0 Å². The number of hydrogen-bond acceptors (Lipinski definition) is 1. The molecule has 0 bridgehead atoms. The van der Waals surface area contributed by atoms with Crippen LogP contribution in [-0.2, 0) is 0 Å². The van der Waals surface area contributed by atoms with Crippen molar-refractivity contribution in [1.29, 1.82) is 0 Å². The molecule has 1 fully saturated rings. The van der Waals surface area contributed by atoms with E-state index in [0.29, 0.717) is 0 Å². The summed E-state index contributed by atoms with van der Waals surface area (Å²) < 4.78 is 7.32. The van der Waals surface area contributed by atoms with Gasteiger partial charge in [0.15, 0.2) is 0 Å². The first-order chi connectivity index (χ1) is 10.0. The Bertz CT molecular complexity index is 438. The van der Waals surface area contributed by atoms with Crippen LogP contribution in [0.5, 0.6) is 5.75 Å². The number of unbranched alkanes of at least 4 members (excludes halogenated alkanes) is 1. The van der Waals surface area contributed by atoms with Gasteiger partial charge in [0, 0.05) is 0 Å². The zero-order valence-electron chi connectivity index (χ0n) is 14.4. The largest absolute Gasteiger partial charge is 0.493 e. The highest BCUT2D eigenvalue weighted by molar-refractivity contribution is 5.42. The highest BCUT2D eigenvalue weighted by Crippen LogP contribution is 2.25. The third-order valence-electron chi connectivity index (χ3n) is 4.84. The molecule has 1 aliphatic rings. The molecule has 1 aliphatic heterocycles. The van der Waals surface area contributed by atoms with Crippen LogP contribution < -0.4 is 4.74 Å². The van der Waals surface area contributed by atoms with Crippen LogP contribution in [0.4, 0.5) is 0 Å². The molecule has 118 valence electrons. The Morgan fingerprint density at radius 3 is 2.19 bits per heavy atom. The van der Waals surface area contributed by atoms with Gasteiger partial charge >= 0.3 is 0 Å². The molecule has 21 heavy (non-hydrogen) atoms. The standard InChI is InChI=1S/C19H32NO/c1-16-14-17(2)19(18(3)15-16)21-13-9-8-12-20(4)10-6-5-7-11-20/h14-15H,5-13H2,1-4H3/q+1. The van der Waals surface area contributed by atoms with E-state index in [1.54, 1.807) is 0 Å². The lowest BCUT2D eigenvalue weighted by molar-refractivity contribution is -0.914. The average molecular weight is 290 g/mol. The van der Waals surface area contributed by atoms with Crippen LogP contribution in [0.3, 0.4) is 0 Å². The highest BCUT2D eigenvalue weighted by atomic mass is 16.5. The number of quaternary nitrogens is 1. The van der Waals surface area contributed by atoms with Crippen molar-refractivity contribution in [2.45, 2.75) is 52.9 Å². The maximum absolute atomic E-state index is 6.04. The second-order valence-corrected chi connectivity index (χ2v) is 7.13. The summed E-state index contributed by atoms with van der Waals surface area (Å²) in [4.78, 5) is 0. The van der Waals surface area contributed by atoms with Crippen LogP contribution in [0, 0.1) is 20.8 Å². The Morgan fingerprint density at radius 1 is 0.952 bits per heavy atom. The van der Waals surface area contributed by atoms with Gasteiger partial charge in [0.05, 0.1) is 33.3 Å². The van der Waals surface area contributed by atoms with Gasteiger partial charge in [-0.15, -0.1) is 0 Å². The van der Waals surface area contributed by atoms with Crippen molar-refractivity contribution in [3.63, 3.8) is 0 Å². The summed E-state index contributed by atoms with van der Waals surface area (Å²) in [7, 11) is 2.42. The van der Waals surface area contributed by atoms with Gasteiger partial charge in [0.2, 0.25) is 0 Å². The SMILES string of the molecule is Cc1cc(C)c(OCCCC[N+]2(C)CCCCC2)c(C)c1. The molecule has 0 aromatic heterocycles. The van der Waals surface area contributed by atoms with Crippen LogP contribution in [0.1, 0.15) is 48.8 Å². The molecular formula is C19H32NO+. The van der Waals surface area contributed by atoms with Crippen molar-refractivity contribution in [2.24, 2.45) is 0 Å². The first-order valence-electron chi connectivity index (χ1n) is 8.54. The van der Waals surface area contributed by atoms with E-state index in [0.717, 1.165) is 12.4 Å². The molecule has 0 saturated carbocycles. The zero-order chi connectivity index (χ0) is 15.3. The summed E-state index contributed by atoms with van der Waals surface area (Å²) in [6.07, 6.45) is 6.70. The van der Waals surface area contributed by atoms with Crippen LogP contribution in [0.15, 0.2) is 12.1 Å². The van der Waals surface area contributed by atoms with E-state index in [1.165, 1.54) is 72.9 Å². The minimum atomic E-state index is 0.852. The molecule has 0 radical (unpaired) electrons. The number of nitrogens with zero attached hydrogens (tertiary/aromatic N) is 1. The molecule has 0 amide bonds. The molecular weight excluding hydrogens is 258 g/mol. The number of benzene rings is 1. The predicted molar refractivity (Wildman–Crippen MR) is 90.0 cm³/mol. The molecule has 0 atom stereocenters. The Balaban J connectivity index is 1.73. The lowest BCUT2D eigenvalue weighted by Crippen LogP contribution is -2.48. The lowest BCUT2D eigenvalue weighted by atomic mass is 10.1. The third-order valence-corrected chi connectivity index (χ3v) is 4.84. The van der Waals surface area contributed by atoms with Gasteiger partial charge in [-0.05, 0) is 64.0 Å². The maximum atomic E-state index is 6.04. The summed E-state index contributed by atoms with van der Waals surface area (Å²) >= 11 is 0. The van der Waals surface area contributed by atoms with Gasteiger partial charge in [-0.25, -0.2) is 0 Å². The maximum Gasteiger partial charge on any atom is 0.125 e. The van der Waals surface area contributed by atoms with Crippen molar-refractivity contribution < 1.29 is 9.22 Å². The van der Waals surface area contributed by atoms with E-state index in [9.17, 15) is 0 Å². The van der Waals surface area contributed by atoms with Gasteiger partial charge in [0.1, 0.15) is 5.75 Å². The summed E-state index contributed by atoms with van der Waals surface area (Å²) in [5.41, 5.74) is 3.85. The summed E-state index contributed by atoms with van der Waals surface area (Å²) in [6.45, 7) is 11.4. The highest BCUT2D eigenvalue weighted by Gasteiger charge is 2.23. The summed E-state index contributed by atoms with van der Waals surface area (Å²) in [5.74, 6) is 1.10. The fourth-order valence-corrected chi connectivity index (χ4v) is 3.66. The molecule has 0 spiro atoms. The number of hydrogen-bond donors (Lipinski definition) is 0. The van der Waals surface area contributed by atoms with Crippen molar-refractivity contribution >= 4 is 0 Å². The number of likely N-dealkylation sites (tertiary alicyclic amines) is 1. The topological polar surface area (TPSA) is 9.23 Å². The quantitative estimate of drug-likeness (QED) is 0.557. The molecule has 1 aromatic carbocycles. The Labute approximate surface area is 130 Å². The Morgan fingerprint density at radius 2 is 1.57 bits per heavy atom. The first-order valence-corrected chi connectivity index (χ1v) is 8.54. The minimum absolute atomic E-state index is 0.852. The molecule has 1 heterocycles. The van der Waals surface area contributed by atoms with Gasteiger partial charge in [-0.3, -0.25) is 0 Å². The van der Waals surface area contributed by atoms with E-state index in [4.69, 9.17) is 4.74 Å². The number of piperidine rings is 1. The summed E-state index contributed by atoms with van der Waals surface area (Å²) in [6, 6.07) is 4.42. The average Bonchev–Trinajstić information content (AvgIpc) is 2.41. The molecule has 2 rings (SSSR count). The zero-order valence-corrected chi connectivity index (χ0v) is 14.4. The van der Waals surface area contributed by atoms with Crippen molar-refractivity contribution in [3.8, 4) is 5.75 Å². The summed E-state index contributed by atoms with van der Waals surface area (Å²) in [5, 5.41) is 0. The van der Waals surface area contributed by atoms with Crippen molar-refractivity contribution in [3.05, 3.63) is 28.8 Å². The predicted octanol–water partition coefficient (Wildman–Crippen LogP) is 4.40. The van der Waals surface area contributed by atoms with Gasteiger partial charge in [0.25, 0.3) is 0 Å². The van der Waals surface area contributed by atoms with Crippen LogP contribution in [0.25, 0.3) is 0 Å².